The molecule has 1 aromatic carbocycles. The van der Waals surface area contributed by atoms with Gasteiger partial charge in [0.05, 0.1) is 6.04 Å². The van der Waals surface area contributed by atoms with E-state index in [2.05, 4.69) is 20.4 Å². The average Bonchev–Trinajstić information content (AvgIpc) is 2.62. The van der Waals surface area contributed by atoms with Gasteiger partial charge < -0.3 is 15.5 Å². The highest BCUT2D eigenvalue weighted by atomic mass is 35.5. The number of nitrogens with zero attached hydrogens (tertiary/aromatic N) is 2. The van der Waals surface area contributed by atoms with Crippen molar-refractivity contribution in [1.82, 2.24) is 15.1 Å². The number of hydrogen-bond acceptors (Lipinski definition) is 4. The van der Waals surface area contributed by atoms with Gasteiger partial charge in [0.25, 0.3) is 0 Å². The van der Waals surface area contributed by atoms with E-state index in [1.807, 2.05) is 6.92 Å². The lowest BCUT2D eigenvalue weighted by Crippen LogP contribution is -2.53. The molecule has 1 amide bonds. The van der Waals surface area contributed by atoms with Crippen LogP contribution < -0.4 is 10.6 Å². The van der Waals surface area contributed by atoms with Gasteiger partial charge in [0.15, 0.2) is 0 Å². The van der Waals surface area contributed by atoms with E-state index < -0.39 is 0 Å². The van der Waals surface area contributed by atoms with Crippen molar-refractivity contribution in [2.75, 3.05) is 51.1 Å². The summed E-state index contributed by atoms with van der Waals surface area (Å²) in [5.74, 6) is 0.399. The Balaban J connectivity index is 0.00000243. The van der Waals surface area contributed by atoms with E-state index in [0.717, 1.165) is 45.2 Å². The van der Waals surface area contributed by atoms with Crippen molar-refractivity contribution in [1.29, 1.82) is 0 Å². The summed E-state index contributed by atoms with van der Waals surface area (Å²) in [6, 6.07) is 5.84. The molecule has 2 fully saturated rings. The third-order valence-corrected chi connectivity index (χ3v) is 5.40. The molecule has 146 valence electrons. The lowest BCUT2D eigenvalue weighted by Gasteiger charge is -2.39. The van der Waals surface area contributed by atoms with Crippen LogP contribution in [0.4, 0.5) is 10.1 Å². The van der Waals surface area contributed by atoms with E-state index >= 15 is 0 Å². The third kappa shape index (κ3) is 5.91. The fourth-order valence-corrected chi connectivity index (χ4v) is 3.74. The number of carbonyl (C=O) groups excluding carboxylic acids is 1. The smallest absolute Gasteiger partial charge is 0.241 e. The molecule has 0 aromatic heterocycles. The summed E-state index contributed by atoms with van der Waals surface area (Å²) in [7, 11) is 0. The van der Waals surface area contributed by atoms with E-state index in [9.17, 15) is 9.18 Å². The van der Waals surface area contributed by atoms with Crippen molar-refractivity contribution in [3.8, 4) is 0 Å². The maximum Gasteiger partial charge on any atom is 0.241 e. The first-order chi connectivity index (χ1) is 12.1. The normalized spacial score (nSPS) is 21.0. The van der Waals surface area contributed by atoms with Gasteiger partial charge in [-0.05, 0) is 57.0 Å². The second-order valence-corrected chi connectivity index (χ2v) is 7.21. The summed E-state index contributed by atoms with van der Waals surface area (Å²) in [4.78, 5) is 17.2. The van der Waals surface area contributed by atoms with Gasteiger partial charge in [0.1, 0.15) is 5.82 Å². The molecule has 2 aliphatic rings. The highest BCUT2D eigenvalue weighted by Crippen LogP contribution is 2.16. The van der Waals surface area contributed by atoms with Crippen LogP contribution in [0, 0.1) is 11.7 Å². The number of piperazine rings is 1. The maximum atomic E-state index is 13.2. The van der Waals surface area contributed by atoms with Crippen LogP contribution in [0.5, 0.6) is 0 Å². The van der Waals surface area contributed by atoms with E-state index in [4.69, 9.17) is 0 Å². The molecule has 2 aliphatic heterocycles. The van der Waals surface area contributed by atoms with E-state index in [0.29, 0.717) is 5.69 Å². The van der Waals surface area contributed by atoms with Gasteiger partial charge in [0, 0.05) is 38.4 Å². The van der Waals surface area contributed by atoms with E-state index in [1.165, 1.54) is 31.5 Å². The Bertz CT molecular complexity index is 574. The van der Waals surface area contributed by atoms with Crippen LogP contribution in [-0.4, -0.2) is 67.6 Å². The van der Waals surface area contributed by atoms with Gasteiger partial charge in [-0.1, -0.05) is 6.07 Å². The highest BCUT2D eigenvalue weighted by Gasteiger charge is 2.27. The second-order valence-electron chi connectivity index (χ2n) is 7.21. The SMILES string of the molecule is CC(C(=O)Nc1cccc(F)c1)N1CCN(CC2CCNCC2)CC1.Cl. The fraction of sp³-hybridized carbons (Fsp3) is 0.632. The molecule has 1 aromatic rings. The molecule has 0 bridgehead atoms. The van der Waals surface area contributed by atoms with Gasteiger partial charge in [-0.3, -0.25) is 9.69 Å². The van der Waals surface area contributed by atoms with Crippen LogP contribution in [0.15, 0.2) is 24.3 Å². The molecule has 5 nitrogen and oxygen atoms in total. The predicted molar refractivity (Wildman–Crippen MR) is 105 cm³/mol. The largest absolute Gasteiger partial charge is 0.325 e. The zero-order chi connectivity index (χ0) is 17.6. The van der Waals surface area contributed by atoms with Crippen LogP contribution in [0.2, 0.25) is 0 Å². The first kappa shape index (κ1) is 21.1. The first-order valence-electron chi connectivity index (χ1n) is 9.35. The number of rotatable bonds is 5. The molecule has 1 unspecified atom stereocenters. The monoisotopic (exact) mass is 384 g/mol. The topological polar surface area (TPSA) is 47.6 Å². The van der Waals surface area contributed by atoms with Crippen molar-refractivity contribution >= 4 is 24.0 Å². The molecule has 2 N–H and O–H groups in total. The summed E-state index contributed by atoms with van der Waals surface area (Å²) >= 11 is 0. The Kier molecular flexibility index (Phi) is 8.28. The summed E-state index contributed by atoms with van der Waals surface area (Å²) in [6.07, 6.45) is 2.54. The Morgan fingerprint density at radius 3 is 2.62 bits per heavy atom. The zero-order valence-corrected chi connectivity index (χ0v) is 16.2. The molecule has 26 heavy (non-hydrogen) atoms. The maximum absolute atomic E-state index is 13.2. The molecule has 0 radical (unpaired) electrons. The number of halogens is 2. The van der Waals surface area contributed by atoms with Gasteiger partial charge in [0.2, 0.25) is 5.91 Å². The van der Waals surface area contributed by atoms with Gasteiger partial charge in [-0.15, -0.1) is 12.4 Å². The van der Waals surface area contributed by atoms with Crippen molar-refractivity contribution in [2.45, 2.75) is 25.8 Å². The summed E-state index contributed by atoms with van der Waals surface area (Å²) in [6.45, 7) is 9.23. The number of carbonyl (C=O) groups is 1. The van der Waals surface area contributed by atoms with Gasteiger partial charge >= 0.3 is 0 Å². The number of hydrogen-bond donors (Lipinski definition) is 2. The van der Waals surface area contributed by atoms with Crippen LogP contribution in [0.25, 0.3) is 0 Å². The molecule has 0 spiro atoms. The first-order valence-corrected chi connectivity index (χ1v) is 9.35. The van der Waals surface area contributed by atoms with Gasteiger partial charge in [-0.2, -0.15) is 0 Å². The third-order valence-electron chi connectivity index (χ3n) is 5.40. The molecule has 3 rings (SSSR count). The van der Waals surface area contributed by atoms with E-state index in [-0.39, 0.29) is 30.2 Å². The number of amides is 1. The Hall–Kier alpha value is -1.21. The summed E-state index contributed by atoms with van der Waals surface area (Å²) in [5, 5.41) is 6.23. The number of nitrogens with one attached hydrogen (secondary N) is 2. The minimum absolute atomic E-state index is 0. The molecule has 0 saturated carbocycles. The Morgan fingerprint density at radius 2 is 1.96 bits per heavy atom. The molecular formula is C19H30ClFN4O. The number of piperidine rings is 1. The predicted octanol–water partition coefficient (Wildman–Crippen LogP) is 2.19. The lowest BCUT2D eigenvalue weighted by atomic mass is 9.97. The molecule has 2 heterocycles. The molecule has 0 aliphatic carbocycles. The zero-order valence-electron chi connectivity index (χ0n) is 15.4. The molecule has 2 saturated heterocycles. The van der Waals surface area contributed by atoms with Crippen molar-refractivity contribution < 1.29 is 9.18 Å². The van der Waals surface area contributed by atoms with E-state index in [1.54, 1.807) is 12.1 Å². The lowest BCUT2D eigenvalue weighted by molar-refractivity contribution is -0.121. The minimum atomic E-state index is -0.336. The number of anilines is 1. The quantitative estimate of drug-likeness (QED) is 0.817. The standard InChI is InChI=1S/C19H29FN4O.ClH/c1-15(19(25)22-18-4-2-3-17(20)13-18)24-11-9-23(10-12-24)14-16-5-7-21-8-6-16;/h2-4,13,15-16,21H,5-12,14H2,1H3,(H,22,25);1H. The fourth-order valence-electron chi connectivity index (χ4n) is 3.74. The number of benzene rings is 1. The van der Waals surface area contributed by atoms with Crippen LogP contribution in [-0.2, 0) is 4.79 Å². The Labute approximate surface area is 161 Å². The van der Waals surface area contributed by atoms with Crippen LogP contribution in [0.1, 0.15) is 19.8 Å². The average molecular weight is 385 g/mol. The molecule has 1 atom stereocenters. The van der Waals surface area contributed by atoms with Crippen molar-refractivity contribution in [3.05, 3.63) is 30.1 Å². The van der Waals surface area contributed by atoms with Gasteiger partial charge in [-0.25, -0.2) is 4.39 Å². The van der Waals surface area contributed by atoms with Crippen molar-refractivity contribution in [2.24, 2.45) is 5.92 Å². The molecule has 7 heteroatoms. The summed E-state index contributed by atoms with van der Waals surface area (Å²) in [5.41, 5.74) is 0.515. The Morgan fingerprint density at radius 1 is 1.27 bits per heavy atom. The van der Waals surface area contributed by atoms with Crippen LogP contribution in [0.3, 0.4) is 0 Å². The minimum Gasteiger partial charge on any atom is -0.325 e. The summed E-state index contributed by atoms with van der Waals surface area (Å²) < 4.78 is 13.2. The second kappa shape index (κ2) is 10.2. The molecular weight excluding hydrogens is 355 g/mol. The highest BCUT2D eigenvalue weighted by molar-refractivity contribution is 5.94. The van der Waals surface area contributed by atoms with Crippen LogP contribution >= 0.6 is 12.4 Å². The van der Waals surface area contributed by atoms with Crippen molar-refractivity contribution in [3.63, 3.8) is 0 Å².